The van der Waals surface area contributed by atoms with Crippen LogP contribution in [0.5, 0.6) is 0 Å². The Morgan fingerprint density at radius 3 is 3.00 bits per heavy atom. The van der Waals surface area contributed by atoms with E-state index in [1.807, 2.05) is 18.7 Å². The van der Waals surface area contributed by atoms with Crippen LogP contribution < -0.4 is 5.32 Å². The fourth-order valence-corrected chi connectivity index (χ4v) is 1.75. The van der Waals surface area contributed by atoms with Crippen LogP contribution in [-0.4, -0.2) is 41.3 Å². The number of rotatable bonds is 7. The molecule has 0 bridgehead atoms. The Labute approximate surface area is 102 Å². The molecule has 0 amide bonds. The van der Waals surface area contributed by atoms with E-state index in [4.69, 9.17) is 4.74 Å². The minimum Gasteiger partial charge on any atom is -0.383 e. The quantitative estimate of drug-likeness (QED) is 0.744. The predicted octanol–water partition coefficient (Wildman–Crippen LogP) is 2.00. The molecule has 0 aromatic carbocycles. The van der Waals surface area contributed by atoms with Gasteiger partial charge >= 0.3 is 0 Å². The lowest BCUT2D eigenvalue weighted by Gasteiger charge is -2.12. The number of nitrogens with zero attached hydrogens (tertiary/aromatic N) is 2. The van der Waals surface area contributed by atoms with Gasteiger partial charge in [-0.05, 0) is 13.2 Å². The van der Waals surface area contributed by atoms with Gasteiger partial charge < -0.3 is 14.6 Å². The third kappa shape index (κ3) is 4.06. The fraction of sp³-hybridized carbons (Fsp3) is 0.727. The largest absolute Gasteiger partial charge is 0.383 e. The normalized spacial score (nSPS) is 12.8. The van der Waals surface area contributed by atoms with Crippen LogP contribution in [0.3, 0.4) is 0 Å². The number of ether oxygens (including phenoxy) is 1. The van der Waals surface area contributed by atoms with Crippen molar-refractivity contribution in [2.45, 2.75) is 25.6 Å². The van der Waals surface area contributed by atoms with Gasteiger partial charge in [-0.3, -0.25) is 0 Å². The van der Waals surface area contributed by atoms with Crippen molar-refractivity contribution in [1.82, 2.24) is 9.55 Å². The van der Waals surface area contributed by atoms with E-state index in [-0.39, 0.29) is 0 Å². The highest BCUT2D eigenvalue weighted by atomic mass is 32.2. The van der Waals surface area contributed by atoms with Gasteiger partial charge in [-0.1, -0.05) is 6.92 Å². The number of thioether (sulfide) groups is 1. The molecule has 5 heteroatoms. The molecule has 1 N–H and O–H groups in total. The summed E-state index contributed by atoms with van der Waals surface area (Å²) in [6.07, 6.45) is 4.22. The molecule has 0 aliphatic carbocycles. The second kappa shape index (κ2) is 6.81. The first-order chi connectivity index (χ1) is 7.67. The molecule has 1 atom stereocenters. The van der Waals surface area contributed by atoms with Gasteiger partial charge in [0.25, 0.3) is 0 Å². The first-order valence-electron chi connectivity index (χ1n) is 5.46. The van der Waals surface area contributed by atoms with E-state index in [2.05, 4.69) is 34.2 Å². The van der Waals surface area contributed by atoms with Crippen molar-refractivity contribution >= 4 is 17.7 Å². The SMILES string of the molecule is COCCNc1nc(C)cn1CC(C)SC. The lowest BCUT2D eigenvalue weighted by atomic mass is 10.4. The molecular weight excluding hydrogens is 222 g/mol. The molecular formula is C11H21N3OS. The highest BCUT2D eigenvalue weighted by molar-refractivity contribution is 7.99. The fourth-order valence-electron chi connectivity index (χ4n) is 1.44. The average molecular weight is 243 g/mol. The van der Waals surface area contributed by atoms with E-state index in [0.29, 0.717) is 11.9 Å². The molecule has 1 unspecified atom stereocenters. The summed E-state index contributed by atoms with van der Waals surface area (Å²) in [7, 11) is 1.70. The Bertz CT molecular complexity index is 314. The zero-order valence-electron chi connectivity index (χ0n) is 10.5. The smallest absolute Gasteiger partial charge is 0.203 e. The van der Waals surface area contributed by atoms with Gasteiger partial charge in [-0.15, -0.1) is 0 Å². The topological polar surface area (TPSA) is 39.1 Å². The molecule has 1 aromatic rings. The Balaban J connectivity index is 2.60. The summed E-state index contributed by atoms with van der Waals surface area (Å²) in [4.78, 5) is 4.46. The van der Waals surface area contributed by atoms with Gasteiger partial charge in [0.1, 0.15) is 0 Å². The van der Waals surface area contributed by atoms with Crippen molar-refractivity contribution in [3.8, 4) is 0 Å². The molecule has 16 heavy (non-hydrogen) atoms. The maximum absolute atomic E-state index is 5.01. The summed E-state index contributed by atoms with van der Waals surface area (Å²) in [5, 5.41) is 3.88. The Hall–Kier alpha value is -0.680. The van der Waals surface area contributed by atoms with E-state index in [1.54, 1.807) is 7.11 Å². The third-order valence-corrected chi connectivity index (χ3v) is 3.30. The van der Waals surface area contributed by atoms with Crippen LogP contribution in [0.15, 0.2) is 6.20 Å². The highest BCUT2D eigenvalue weighted by Gasteiger charge is 2.07. The Morgan fingerprint density at radius 2 is 2.38 bits per heavy atom. The maximum atomic E-state index is 5.01. The van der Waals surface area contributed by atoms with Crippen LogP contribution >= 0.6 is 11.8 Å². The van der Waals surface area contributed by atoms with Crippen LogP contribution in [0.4, 0.5) is 5.95 Å². The number of nitrogens with one attached hydrogen (secondary N) is 1. The van der Waals surface area contributed by atoms with Crippen LogP contribution in [0, 0.1) is 6.92 Å². The second-order valence-electron chi connectivity index (χ2n) is 3.82. The number of anilines is 1. The number of hydrogen-bond donors (Lipinski definition) is 1. The number of aryl methyl sites for hydroxylation is 1. The zero-order valence-corrected chi connectivity index (χ0v) is 11.3. The molecule has 92 valence electrons. The number of methoxy groups -OCH3 is 1. The van der Waals surface area contributed by atoms with Crippen molar-refractivity contribution in [2.75, 3.05) is 31.8 Å². The molecule has 0 aliphatic rings. The van der Waals surface area contributed by atoms with Gasteiger partial charge in [0.2, 0.25) is 5.95 Å². The first kappa shape index (κ1) is 13.4. The van der Waals surface area contributed by atoms with Gasteiger partial charge in [-0.2, -0.15) is 11.8 Å². The minimum atomic E-state index is 0.594. The van der Waals surface area contributed by atoms with E-state index in [1.165, 1.54) is 0 Å². The first-order valence-corrected chi connectivity index (χ1v) is 6.75. The number of hydrogen-bond acceptors (Lipinski definition) is 4. The molecule has 4 nitrogen and oxygen atoms in total. The molecule has 1 rings (SSSR count). The van der Waals surface area contributed by atoms with E-state index in [0.717, 1.165) is 24.7 Å². The molecule has 0 aliphatic heterocycles. The summed E-state index contributed by atoms with van der Waals surface area (Å²) in [6.45, 7) is 6.71. The van der Waals surface area contributed by atoms with Gasteiger partial charge in [0.05, 0.1) is 12.3 Å². The van der Waals surface area contributed by atoms with E-state index < -0.39 is 0 Å². The van der Waals surface area contributed by atoms with E-state index >= 15 is 0 Å². The molecule has 0 saturated heterocycles. The highest BCUT2D eigenvalue weighted by Crippen LogP contribution is 2.14. The van der Waals surface area contributed by atoms with E-state index in [9.17, 15) is 0 Å². The van der Waals surface area contributed by atoms with Crippen LogP contribution in [-0.2, 0) is 11.3 Å². The van der Waals surface area contributed by atoms with Crippen molar-refractivity contribution in [2.24, 2.45) is 0 Å². The molecule has 0 saturated carbocycles. The molecule has 0 fully saturated rings. The molecule has 0 radical (unpaired) electrons. The second-order valence-corrected chi connectivity index (χ2v) is 5.10. The summed E-state index contributed by atoms with van der Waals surface area (Å²) in [5.41, 5.74) is 1.05. The van der Waals surface area contributed by atoms with Gasteiger partial charge in [0.15, 0.2) is 0 Å². The standard InChI is InChI=1S/C11H21N3OS/c1-9-7-14(8-10(2)16-4)11(13-9)12-5-6-15-3/h7,10H,5-6,8H2,1-4H3,(H,12,13). The third-order valence-electron chi connectivity index (χ3n) is 2.34. The molecule has 1 heterocycles. The van der Waals surface area contributed by atoms with Crippen LogP contribution in [0.2, 0.25) is 0 Å². The number of aromatic nitrogens is 2. The van der Waals surface area contributed by atoms with Crippen molar-refractivity contribution < 1.29 is 4.74 Å². The zero-order chi connectivity index (χ0) is 12.0. The van der Waals surface area contributed by atoms with Gasteiger partial charge in [0, 0.05) is 31.6 Å². The van der Waals surface area contributed by atoms with Crippen LogP contribution in [0.1, 0.15) is 12.6 Å². The monoisotopic (exact) mass is 243 g/mol. The lowest BCUT2D eigenvalue weighted by molar-refractivity contribution is 0.210. The Kier molecular flexibility index (Phi) is 5.69. The van der Waals surface area contributed by atoms with Crippen molar-refractivity contribution in [3.63, 3.8) is 0 Å². The summed E-state index contributed by atoms with van der Waals surface area (Å²) in [5.74, 6) is 0.940. The molecule has 0 spiro atoms. The minimum absolute atomic E-state index is 0.594. The summed E-state index contributed by atoms with van der Waals surface area (Å²) < 4.78 is 7.18. The number of imidazole rings is 1. The van der Waals surface area contributed by atoms with Crippen LogP contribution in [0.25, 0.3) is 0 Å². The summed E-state index contributed by atoms with van der Waals surface area (Å²) in [6, 6.07) is 0. The van der Waals surface area contributed by atoms with Gasteiger partial charge in [-0.25, -0.2) is 4.98 Å². The Morgan fingerprint density at radius 1 is 1.62 bits per heavy atom. The predicted molar refractivity (Wildman–Crippen MR) is 70.3 cm³/mol. The molecule has 1 aromatic heterocycles. The maximum Gasteiger partial charge on any atom is 0.203 e. The summed E-state index contributed by atoms with van der Waals surface area (Å²) >= 11 is 1.86. The lowest BCUT2D eigenvalue weighted by Crippen LogP contribution is -2.15. The average Bonchev–Trinajstić information content (AvgIpc) is 2.59. The van der Waals surface area contributed by atoms with Crippen molar-refractivity contribution in [1.29, 1.82) is 0 Å². The van der Waals surface area contributed by atoms with Crippen molar-refractivity contribution in [3.05, 3.63) is 11.9 Å².